The predicted molar refractivity (Wildman–Crippen MR) is 118 cm³/mol. The van der Waals surface area contributed by atoms with Gasteiger partial charge in [-0.2, -0.15) is 0 Å². The van der Waals surface area contributed by atoms with Crippen molar-refractivity contribution in [2.45, 2.75) is 76.4 Å². The van der Waals surface area contributed by atoms with Crippen LogP contribution >= 0.6 is 0 Å². The summed E-state index contributed by atoms with van der Waals surface area (Å²) in [5, 5.41) is 6.77. The summed E-state index contributed by atoms with van der Waals surface area (Å²) in [7, 11) is 1.75. The molecule has 0 saturated heterocycles. The zero-order chi connectivity index (χ0) is 21.7. The summed E-state index contributed by atoms with van der Waals surface area (Å²) in [5.74, 6) is 0.0221. The number of carbonyl (C=O) groups excluding carboxylic acids is 2. The molecule has 2 amide bonds. The fourth-order valence-corrected chi connectivity index (χ4v) is 5.15. The number of benzene rings is 1. The summed E-state index contributed by atoms with van der Waals surface area (Å²) in [5.41, 5.74) is 8.18. The van der Waals surface area contributed by atoms with E-state index in [0.29, 0.717) is 12.1 Å². The molecule has 4 N–H and O–H groups in total. The summed E-state index contributed by atoms with van der Waals surface area (Å²) >= 11 is 0. The van der Waals surface area contributed by atoms with Gasteiger partial charge in [0, 0.05) is 43.0 Å². The smallest absolute Gasteiger partial charge is 0.248 e. The van der Waals surface area contributed by atoms with E-state index >= 15 is 0 Å². The maximum Gasteiger partial charge on any atom is 0.248 e. The van der Waals surface area contributed by atoms with Crippen LogP contribution < -0.4 is 16.4 Å². The van der Waals surface area contributed by atoms with Gasteiger partial charge in [0.15, 0.2) is 0 Å². The van der Waals surface area contributed by atoms with E-state index in [2.05, 4.69) is 24.5 Å². The van der Waals surface area contributed by atoms with E-state index < -0.39 is 5.91 Å². The lowest BCUT2D eigenvalue weighted by molar-refractivity contribution is -0.125. The lowest BCUT2D eigenvalue weighted by Crippen LogP contribution is -2.57. The lowest BCUT2D eigenvalue weighted by atomic mass is 9.67. The van der Waals surface area contributed by atoms with E-state index in [-0.39, 0.29) is 29.4 Å². The van der Waals surface area contributed by atoms with Crippen LogP contribution in [-0.4, -0.2) is 44.2 Å². The molecule has 1 fully saturated rings. The monoisotopic (exact) mass is 415 g/mol. The Hall–Kier alpha value is -1.92. The molecular weight excluding hydrogens is 378 g/mol. The maximum atomic E-state index is 12.3. The quantitative estimate of drug-likeness (QED) is 0.569. The van der Waals surface area contributed by atoms with Gasteiger partial charge in [-0.1, -0.05) is 39.2 Å². The van der Waals surface area contributed by atoms with Gasteiger partial charge in [0.05, 0.1) is 6.10 Å². The first-order valence-electron chi connectivity index (χ1n) is 11.3. The number of methoxy groups -OCH3 is 1. The lowest BCUT2D eigenvalue weighted by Gasteiger charge is -2.45. The molecule has 0 aromatic heterocycles. The third-order valence-corrected chi connectivity index (χ3v) is 6.95. The number of primary amides is 1. The van der Waals surface area contributed by atoms with Crippen molar-refractivity contribution < 1.29 is 14.3 Å². The molecule has 0 spiro atoms. The van der Waals surface area contributed by atoms with Gasteiger partial charge < -0.3 is 21.1 Å². The second kappa shape index (κ2) is 9.92. The largest absolute Gasteiger partial charge is 0.379 e. The highest BCUT2D eigenvalue weighted by Crippen LogP contribution is 2.38. The van der Waals surface area contributed by atoms with Crippen LogP contribution in [0.5, 0.6) is 0 Å². The number of fused-ring (bicyclic) bond motifs is 1. The van der Waals surface area contributed by atoms with Crippen molar-refractivity contribution in [2.24, 2.45) is 11.7 Å². The number of hydrogen-bond acceptors (Lipinski definition) is 4. The molecule has 6 heteroatoms. The van der Waals surface area contributed by atoms with Crippen molar-refractivity contribution in [2.75, 3.05) is 20.2 Å². The van der Waals surface area contributed by atoms with E-state index in [1.807, 2.05) is 12.1 Å². The normalized spacial score (nSPS) is 23.6. The van der Waals surface area contributed by atoms with Gasteiger partial charge in [-0.05, 0) is 49.1 Å². The van der Waals surface area contributed by atoms with Crippen LogP contribution in [0.15, 0.2) is 18.2 Å². The Balaban J connectivity index is 1.57. The molecule has 3 rings (SSSR count). The van der Waals surface area contributed by atoms with Crippen molar-refractivity contribution >= 4 is 11.8 Å². The highest BCUT2D eigenvalue weighted by Gasteiger charge is 2.42. The highest BCUT2D eigenvalue weighted by molar-refractivity contribution is 5.93. The third-order valence-electron chi connectivity index (χ3n) is 6.95. The Kier molecular flexibility index (Phi) is 7.53. The zero-order valence-electron chi connectivity index (χ0n) is 18.6. The number of carbonyl (C=O) groups is 2. The van der Waals surface area contributed by atoms with Gasteiger partial charge in [0.2, 0.25) is 11.8 Å². The van der Waals surface area contributed by atoms with Crippen LogP contribution in [-0.2, 0) is 21.4 Å². The average Bonchev–Trinajstić information content (AvgIpc) is 2.74. The van der Waals surface area contributed by atoms with Crippen molar-refractivity contribution in [1.82, 2.24) is 10.6 Å². The zero-order valence-corrected chi connectivity index (χ0v) is 18.6. The van der Waals surface area contributed by atoms with Crippen molar-refractivity contribution in [3.8, 4) is 0 Å². The Labute approximate surface area is 180 Å². The van der Waals surface area contributed by atoms with Crippen LogP contribution in [0.25, 0.3) is 0 Å². The highest BCUT2D eigenvalue weighted by atomic mass is 16.5. The summed E-state index contributed by atoms with van der Waals surface area (Å²) in [6, 6.07) is 5.84. The molecule has 2 aliphatic carbocycles. The number of hydrogen-bond donors (Lipinski definition) is 3. The van der Waals surface area contributed by atoms with E-state index in [0.717, 1.165) is 37.8 Å². The molecule has 6 nitrogen and oxygen atoms in total. The van der Waals surface area contributed by atoms with E-state index in [4.69, 9.17) is 10.5 Å². The van der Waals surface area contributed by atoms with E-state index in [1.165, 1.54) is 24.8 Å². The van der Waals surface area contributed by atoms with Crippen LogP contribution in [0.4, 0.5) is 0 Å². The standard InChI is InChI=1S/C24H37N3O3/c1-24(2)19-14-18(22(25)28)11-10-17(19)15-20(30-3)21(24)26-12-7-13-27-23(29)16-8-5-4-6-9-16/h10-11,14,16,20-21,26H,4-9,12-13,15H2,1-3H3,(H2,25,28)(H,27,29)/t20-,21+/m0/s1. The number of amides is 2. The number of ether oxygens (including phenoxy) is 1. The molecule has 2 aliphatic rings. The van der Waals surface area contributed by atoms with Crippen LogP contribution in [0.2, 0.25) is 0 Å². The minimum atomic E-state index is -0.402. The maximum absolute atomic E-state index is 12.3. The fraction of sp³-hybridized carbons (Fsp3) is 0.667. The van der Waals surface area contributed by atoms with Crippen molar-refractivity contribution in [1.29, 1.82) is 0 Å². The molecule has 1 aromatic carbocycles. The Morgan fingerprint density at radius 3 is 2.57 bits per heavy atom. The third kappa shape index (κ3) is 5.03. The number of nitrogens with one attached hydrogen (secondary N) is 2. The van der Waals surface area contributed by atoms with Gasteiger partial charge in [-0.15, -0.1) is 0 Å². The first-order chi connectivity index (χ1) is 14.3. The SMILES string of the molecule is CO[C@H]1Cc2ccc(C(N)=O)cc2C(C)(C)[C@@H]1NCCCNC(=O)C1CCCCC1. The van der Waals surface area contributed by atoms with Gasteiger partial charge in [-0.25, -0.2) is 0 Å². The first kappa shape index (κ1) is 22.8. The van der Waals surface area contributed by atoms with Gasteiger partial charge in [0.25, 0.3) is 0 Å². The van der Waals surface area contributed by atoms with Crippen LogP contribution in [0.3, 0.4) is 0 Å². The summed E-state index contributed by atoms with van der Waals surface area (Å²) in [4.78, 5) is 24.0. The molecule has 30 heavy (non-hydrogen) atoms. The molecular formula is C24H37N3O3. The molecule has 0 radical (unpaired) electrons. The summed E-state index contributed by atoms with van der Waals surface area (Å²) in [6.45, 7) is 5.86. The van der Waals surface area contributed by atoms with Crippen molar-refractivity contribution in [3.63, 3.8) is 0 Å². The summed E-state index contributed by atoms with van der Waals surface area (Å²) < 4.78 is 5.82. The molecule has 1 aromatic rings. The molecule has 2 atom stereocenters. The molecule has 0 unspecified atom stereocenters. The topological polar surface area (TPSA) is 93.4 Å². The fourth-order valence-electron chi connectivity index (χ4n) is 5.15. The van der Waals surface area contributed by atoms with Crippen LogP contribution in [0, 0.1) is 5.92 Å². The van der Waals surface area contributed by atoms with Gasteiger partial charge in [-0.3, -0.25) is 9.59 Å². The Morgan fingerprint density at radius 2 is 1.90 bits per heavy atom. The predicted octanol–water partition coefficient (Wildman–Crippen LogP) is 2.68. The van der Waals surface area contributed by atoms with Gasteiger partial charge >= 0.3 is 0 Å². The number of nitrogens with two attached hydrogens (primary N) is 1. The van der Waals surface area contributed by atoms with Crippen LogP contribution in [0.1, 0.15) is 73.9 Å². The minimum Gasteiger partial charge on any atom is -0.379 e. The average molecular weight is 416 g/mol. The van der Waals surface area contributed by atoms with E-state index in [1.54, 1.807) is 13.2 Å². The molecule has 1 saturated carbocycles. The Bertz CT molecular complexity index is 756. The minimum absolute atomic E-state index is 0.0451. The second-order valence-corrected chi connectivity index (χ2v) is 9.35. The van der Waals surface area contributed by atoms with E-state index in [9.17, 15) is 9.59 Å². The molecule has 0 aliphatic heterocycles. The summed E-state index contributed by atoms with van der Waals surface area (Å²) in [6.07, 6.45) is 7.38. The van der Waals surface area contributed by atoms with Crippen molar-refractivity contribution in [3.05, 3.63) is 34.9 Å². The molecule has 0 heterocycles. The molecule has 166 valence electrons. The van der Waals surface area contributed by atoms with Gasteiger partial charge in [0.1, 0.15) is 0 Å². The first-order valence-corrected chi connectivity index (χ1v) is 11.3. The Morgan fingerprint density at radius 1 is 1.17 bits per heavy atom. The molecule has 0 bridgehead atoms. The number of rotatable bonds is 8. The second-order valence-electron chi connectivity index (χ2n) is 9.35.